The van der Waals surface area contributed by atoms with Gasteiger partial charge in [-0.1, -0.05) is 72.8 Å². The maximum absolute atomic E-state index is 14.3. The van der Waals surface area contributed by atoms with Crippen molar-refractivity contribution in [3.63, 3.8) is 0 Å². The average Bonchev–Trinajstić information content (AvgIpc) is 3.22. The van der Waals surface area contributed by atoms with Gasteiger partial charge in [-0.2, -0.15) is 0 Å². The van der Waals surface area contributed by atoms with Crippen molar-refractivity contribution in [2.75, 3.05) is 6.61 Å². The van der Waals surface area contributed by atoms with Crippen LogP contribution < -0.4 is 37.0 Å². The van der Waals surface area contributed by atoms with Crippen LogP contribution in [0.3, 0.4) is 0 Å². The zero-order chi connectivity index (χ0) is 45.1. The van der Waals surface area contributed by atoms with Crippen molar-refractivity contribution in [3.05, 3.63) is 134 Å². The van der Waals surface area contributed by atoms with Crippen molar-refractivity contribution in [1.82, 2.24) is 30.8 Å². The van der Waals surface area contributed by atoms with Crippen LogP contribution in [0.25, 0.3) is 0 Å². The number of aromatic nitrogens is 2. The first kappa shape index (κ1) is 47.0. The number of H-pyrrole nitrogens is 1. The first-order valence-corrected chi connectivity index (χ1v) is 20.7. The minimum absolute atomic E-state index is 0.0680. The number of benzene rings is 3. The molecule has 21 nitrogen and oxygen atoms in total. The summed E-state index contributed by atoms with van der Waals surface area (Å²) in [6.45, 7) is 0.106. The Morgan fingerprint density at radius 1 is 0.758 bits per heavy atom. The van der Waals surface area contributed by atoms with Gasteiger partial charge in [0.25, 0.3) is 5.56 Å². The Morgan fingerprint density at radius 2 is 1.26 bits per heavy atom. The Hall–Kier alpha value is -6.03. The lowest BCUT2D eigenvalue weighted by Gasteiger charge is -2.40. The molecule has 0 bridgehead atoms. The molecule has 8 atom stereocenters. The van der Waals surface area contributed by atoms with Crippen LogP contribution in [0.15, 0.2) is 101 Å². The first-order valence-electron chi connectivity index (χ1n) is 19.1. The SMILES string of the molecule is Cc1cn(CC(=O)N[C@@H](Cc2ccccc2)C(=O)N[C@@H](Cc2ccccc2)C(=O)N[C@@H](Cc2ccc(OP(=O)(O)O)cc2)C(=O)N[C@@H]2[C@@H](O)[C@H](O)[C@@H](CO)O[C@H]2O)c(=O)[nH]c1=O. The third kappa shape index (κ3) is 13.2. The van der Waals surface area contributed by atoms with E-state index in [0.29, 0.717) is 16.7 Å². The Kier molecular flexibility index (Phi) is 16.1. The number of hydrogen-bond acceptors (Lipinski definition) is 13. The second kappa shape index (κ2) is 21.2. The van der Waals surface area contributed by atoms with E-state index in [2.05, 4.69) is 30.8 Å². The topological polar surface area (TPSA) is 328 Å². The normalized spacial score (nSPS) is 20.2. The highest BCUT2D eigenvalue weighted by molar-refractivity contribution is 7.46. The van der Waals surface area contributed by atoms with Gasteiger partial charge in [-0.05, 0) is 35.7 Å². The highest BCUT2D eigenvalue weighted by Crippen LogP contribution is 2.37. The Bertz CT molecular complexity index is 2340. The van der Waals surface area contributed by atoms with Gasteiger partial charge in [0.05, 0.1) is 6.61 Å². The number of phosphoric ester groups is 1. The van der Waals surface area contributed by atoms with Crippen molar-refractivity contribution in [1.29, 1.82) is 0 Å². The molecular weight excluding hydrogens is 835 g/mol. The quantitative estimate of drug-likeness (QED) is 0.0457. The number of nitrogens with one attached hydrogen (secondary N) is 5. The fraction of sp³-hybridized carbons (Fsp3) is 0.350. The first-order chi connectivity index (χ1) is 29.4. The van der Waals surface area contributed by atoms with Crippen molar-refractivity contribution >= 4 is 31.5 Å². The molecule has 1 aromatic heterocycles. The van der Waals surface area contributed by atoms with Gasteiger partial charge < -0.3 is 51.0 Å². The highest BCUT2D eigenvalue weighted by atomic mass is 31.2. The fourth-order valence-corrected chi connectivity index (χ4v) is 6.98. The summed E-state index contributed by atoms with van der Waals surface area (Å²) >= 11 is 0. The molecule has 11 N–H and O–H groups in total. The van der Waals surface area contributed by atoms with E-state index in [1.165, 1.54) is 37.4 Å². The summed E-state index contributed by atoms with van der Waals surface area (Å²) in [6.07, 6.45) is -6.20. The molecule has 1 aliphatic rings. The van der Waals surface area contributed by atoms with Gasteiger partial charge in [0.15, 0.2) is 6.29 Å². The number of rotatable bonds is 18. The largest absolute Gasteiger partial charge is 0.524 e. The second-order valence-corrected chi connectivity index (χ2v) is 15.7. The van der Waals surface area contributed by atoms with Crippen LogP contribution in [-0.4, -0.2) is 119 Å². The number of hydrogen-bond donors (Lipinski definition) is 11. The van der Waals surface area contributed by atoms with Crippen LogP contribution in [-0.2, 0) is 54.3 Å². The number of carbonyl (C=O) groups is 4. The monoisotopic (exact) mass is 882 g/mol. The van der Waals surface area contributed by atoms with E-state index in [1.807, 2.05) is 0 Å². The number of aromatic amines is 1. The molecule has 1 aliphatic heterocycles. The van der Waals surface area contributed by atoms with Gasteiger partial charge in [0.1, 0.15) is 54.8 Å². The van der Waals surface area contributed by atoms with E-state index in [0.717, 1.165) is 4.57 Å². The highest BCUT2D eigenvalue weighted by Gasteiger charge is 2.45. The maximum Gasteiger partial charge on any atom is 0.524 e. The fourth-order valence-electron chi connectivity index (χ4n) is 6.58. The smallest absolute Gasteiger partial charge is 0.404 e. The standard InChI is InChI=1S/C40H47N6O15P/c1-22-19-46(40(56)45-35(22)51)20-31(48)41-27(16-23-8-4-2-5-9-23)36(52)42-28(17-24-10-6-3-7-11-24)37(53)43-29(18-25-12-14-26(15-13-25)61-62(57,58)59)38(54)44-32-34(50)33(49)30(21-47)60-39(32)55/h2-15,19,27-30,32-34,39,47,49-50,55H,16-18,20-21H2,1H3,(H,41,48)(H,42,52)(H,43,53)(H,44,54)(H,45,51,56)(H2,57,58,59)/t27-,28-,29-,30+,32+,33+,34+,39+/m0/s1. The third-order valence-electron chi connectivity index (χ3n) is 9.78. The summed E-state index contributed by atoms with van der Waals surface area (Å²) in [4.78, 5) is 101. The van der Waals surface area contributed by atoms with Crippen LogP contribution in [0, 0.1) is 6.92 Å². The molecule has 0 unspecified atom stereocenters. The summed E-state index contributed by atoms with van der Waals surface area (Å²) in [5.41, 5.74) is 0.189. The number of amides is 4. The van der Waals surface area contributed by atoms with E-state index in [9.17, 15) is 63.5 Å². The van der Waals surface area contributed by atoms with E-state index in [-0.39, 0.29) is 30.6 Å². The molecule has 0 radical (unpaired) electrons. The van der Waals surface area contributed by atoms with Gasteiger partial charge in [-0.15, -0.1) is 0 Å². The number of carbonyl (C=O) groups excluding carboxylic acids is 4. The molecule has 1 saturated heterocycles. The van der Waals surface area contributed by atoms with Crippen molar-refractivity contribution in [2.45, 2.75) is 81.5 Å². The van der Waals surface area contributed by atoms with Crippen molar-refractivity contribution < 1.29 is 63.2 Å². The van der Waals surface area contributed by atoms with E-state index in [4.69, 9.17) is 4.74 Å². The van der Waals surface area contributed by atoms with Crippen LogP contribution in [0.5, 0.6) is 5.75 Å². The number of ether oxygens (including phenoxy) is 1. The second-order valence-electron chi connectivity index (χ2n) is 14.5. The Morgan fingerprint density at radius 3 is 1.77 bits per heavy atom. The summed E-state index contributed by atoms with van der Waals surface area (Å²) in [5.74, 6) is -3.75. The summed E-state index contributed by atoms with van der Waals surface area (Å²) in [7, 11) is -4.92. The lowest BCUT2D eigenvalue weighted by molar-refractivity contribution is -0.254. The molecular formula is C40H47N6O15P. The lowest BCUT2D eigenvalue weighted by Crippen LogP contribution is -2.66. The number of phosphoric acid groups is 1. The molecule has 5 rings (SSSR count). The minimum atomic E-state index is -4.92. The molecule has 4 amide bonds. The average molecular weight is 883 g/mol. The molecule has 2 heterocycles. The molecule has 4 aromatic rings. The molecule has 22 heteroatoms. The number of aliphatic hydroxyl groups excluding tert-OH is 4. The predicted molar refractivity (Wildman–Crippen MR) is 217 cm³/mol. The van der Waals surface area contributed by atoms with Gasteiger partial charge in [0.2, 0.25) is 23.6 Å². The van der Waals surface area contributed by atoms with Gasteiger partial charge in [-0.25, -0.2) is 9.36 Å². The van der Waals surface area contributed by atoms with Crippen LogP contribution in [0.1, 0.15) is 22.3 Å². The Labute approximate surface area is 353 Å². The van der Waals surface area contributed by atoms with E-state index in [1.54, 1.807) is 60.7 Å². The van der Waals surface area contributed by atoms with Gasteiger partial charge >= 0.3 is 13.5 Å². The maximum atomic E-state index is 14.3. The summed E-state index contributed by atoms with van der Waals surface area (Å²) in [5, 5.41) is 51.5. The summed E-state index contributed by atoms with van der Waals surface area (Å²) in [6, 6.07) is 16.2. The van der Waals surface area contributed by atoms with E-state index >= 15 is 0 Å². The molecule has 62 heavy (non-hydrogen) atoms. The molecule has 1 fully saturated rings. The number of aryl methyl sites for hydroxylation is 1. The molecule has 332 valence electrons. The zero-order valence-corrected chi connectivity index (χ0v) is 34.0. The number of nitrogens with zero attached hydrogens (tertiary/aromatic N) is 1. The molecule has 0 spiro atoms. The number of aliphatic hydroxyl groups is 4. The van der Waals surface area contributed by atoms with Gasteiger partial charge in [0, 0.05) is 31.0 Å². The molecule has 0 saturated carbocycles. The summed E-state index contributed by atoms with van der Waals surface area (Å²) < 4.78 is 22.1. The lowest BCUT2D eigenvalue weighted by atomic mass is 9.96. The molecule has 0 aliphatic carbocycles. The predicted octanol–water partition coefficient (Wildman–Crippen LogP) is -2.58. The van der Waals surface area contributed by atoms with Crippen LogP contribution in [0.2, 0.25) is 0 Å². The van der Waals surface area contributed by atoms with Crippen molar-refractivity contribution in [3.8, 4) is 5.75 Å². The van der Waals surface area contributed by atoms with Gasteiger partial charge in [-0.3, -0.25) is 43.3 Å². The third-order valence-corrected chi connectivity index (χ3v) is 10.2. The van der Waals surface area contributed by atoms with Crippen LogP contribution in [0.4, 0.5) is 0 Å². The van der Waals surface area contributed by atoms with Crippen molar-refractivity contribution in [2.24, 2.45) is 0 Å². The van der Waals surface area contributed by atoms with Crippen LogP contribution >= 0.6 is 7.82 Å². The van der Waals surface area contributed by atoms with E-state index < -0.39 is 105 Å². The zero-order valence-electron chi connectivity index (χ0n) is 33.1. The minimum Gasteiger partial charge on any atom is -0.404 e. The molecule has 3 aromatic carbocycles. The Balaban J connectivity index is 1.43.